The van der Waals surface area contributed by atoms with E-state index >= 15 is 0 Å². The largest absolute Gasteiger partial charge is 0.378 e. The third kappa shape index (κ3) is 4.55. The molecule has 3 aromatic heterocycles. The Balaban J connectivity index is 1.34. The van der Waals surface area contributed by atoms with Crippen molar-refractivity contribution in [3.05, 3.63) is 29.7 Å². The molecule has 1 N–H and O–H groups in total. The highest BCUT2D eigenvalue weighted by Gasteiger charge is 2.28. The van der Waals surface area contributed by atoms with Gasteiger partial charge in [0.15, 0.2) is 5.69 Å². The summed E-state index contributed by atoms with van der Waals surface area (Å²) in [7, 11) is 0. The van der Waals surface area contributed by atoms with Crippen molar-refractivity contribution in [3.63, 3.8) is 0 Å². The molecule has 3 aromatic rings. The average Bonchev–Trinajstić information content (AvgIpc) is 3.54. The topological polar surface area (TPSA) is 76.7 Å². The average molecular weight is 493 g/mol. The lowest BCUT2D eigenvalue weighted by molar-refractivity contribution is 0.101. The van der Waals surface area contributed by atoms with Crippen molar-refractivity contribution in [1.82, 2.24) is 19.4 Å². The molecule has 4 heterocycles. The zero-order valence-electron chi connectivity index (χ0n) is 19.4. The molecule has 184 valence electrons. The van der Waals surface area contributed by atoms with Crippen molar-refractivity contribution in [3.8, 4) is 0 Å². The first-order chi connectivity index (χ1) is 16.4. The zero-order chi connectivity index (χ0) is 23.8. The van der Waals surface area contributed by atoms with E-state index in [0.717, 1.165) is 48.7 Å². The van der Waals surface area contributed by atoms with Gasteiger partial charge in [0, 0.05) is 19.3 Å². The highest BCUT2D eigenvalue weighted by molar-refractivity contribution is 7.20. The predicted octanol–water partition coefficient (Wildman–Crippen LogP) is 5.01. The van der Waals surface area contributed by atoms with E-state index in [-0.39, 0.29) is 17.4 Å². The SMILES string of the molecule is CC(C)C1CCC(n2cc(NC(=O)c3ccc4sc(N5CCOCC5)nn34)c(C(F)F)n2)CC1. The molecular formula is C23H30F2N6O2S. The van der Waals surface area contributed by atoms with Crippen LogP contribution in [0.3, 0.4) is 0 Å². The summed E-state index contributed by atoms with van der Waals surface area (Å²) in [5.74, 6) is 0.806. The minimum atomic E-state index is -2.77. The summed E-state index contributed by atoms with van der Waals surface area (Å²) in [6, 6.07) is 3.56. The fraction of sp³-hybridized carbons (Fsp3) is 0.609. The number of anilines is 2. The van der Waals surface area contributed by atoms with Crippen molar-refractivity contribution in [2.45, 2.75) is 52.0 Å². The van der Waals surface area contributed by atoms with Gasteiger partial charge in [-0.05, 0) is 49.7 Å². The van der Waals surface area contributed by atoms with E-state index in [1.165, 1.54) is 11.3 Å². The molecule has 1 aliphatic heterocycles. The monoisotopic (exact) mass is 492 g/mol. The molecule has 1 saturated heterocycles. The second kappa shape index (κ2) is 9.61. The van der Waals surface area contributed by atoms with Crippen LogP contribution in [-0.2, 0) is 4.74 Å². The Labute approximate surface area is 200 Å². The van der Waals surface area contributed by atoms with E-state index in [1.807, 2.05) is 6.07 Å². The number of amides is 1. The molecule has 0 spiro atoms. The number of aromatic nitrogens is 4. The maximum absolute atomic E-state index is 13.8. The molecule has 0 unspecified atom stereocenters. The zero-order valence-corrected chi connectivity index (χ0v) is 20.2. The molecule has 0 aromatic carbocycles. The van der Waals surface area contributed by atoms with Gasteiger partial charge in [-0.1, -0.05) is 25.2 Å². The Morgan fingerprint density at radius 3 is 2.56 bits per heavy atom. The fourth-order valence-corrected chi connectivity index (χ4v) is 5.90. The van der Waals surface area contributed by atoms with Crippen molar-refractivity contribution in [2.24, 2.45) is 11.8 Å². The second-order valence-electron chi connectivity index (χ2n) is 9.43. The van der Waals surface area contributed by atoms with Crippen molar-refractivity contribution in [2.75, 3.05) is 36.5 Å². The molecule has 0 atom stereocenters. The third-order valence-corrected chi connectivity index (χ3v) is 8.03. The number of rotatable bonds is 6. The normalized spacial score (nSPS) is 21.6. The molecule has 1 saturated carbocycles. The van der Waals surface area contributed by atoms with Gasteiger partial charge in [-0.15, -0.1) is 5.10 Å². The van der Waals surface area contributed by atoms with Crippen LogP contribution in [-0.4, -0.2) is 51.6 Å². The first-order valence-corrected chi connectivity index (χ1v) is 12.7. The number of ether oxygens (including phenoxy) is 1. The minimum absolute atomic E-state index is 0.0598. The molecule has 0 radical (unpaired) electrons. The molecule has 1 aliphatic carbocycles. The van der Waals surface area contributed by atoms with Crippen LogP contribution in [0.25, 0.3) is 4.83 Å². The molecule has 2 fully saturated rings. The molecule has 5 rings (SSSR count). The Morgan fingerprint density at radius 1 is 1.15 bits per heavy atom. The van der Waals surface area contributed by atoms with Crippen molar-refractivity contribution in [1.29, 1.82) is 0 Å². The smallest absolute Gasteiger partial charge is 0.284 e. The van der Waals surface area contributed by atoms with Crippen molar-refractivity contribution >= 4 is 32.9 Å². The van der Waals surface area contributed by atoms with Crippen LogP contribution < -0.4 is 10.2 Å². The highest BCUT2D eigenvalue weighted by Crippen LogP contribution is 2.37. The molecule has 0 bridgehead atoms. The summed E-state index contributed by atoms with van der Waals surface area (Å²) in [6.45, 7) is 7.23. The van der Waals surface area contributed by atoms with Crippen molar-refractivity contribution < 1.29 is 18.3 Å². The number of nitrogens with one attached hydrogen (secondary N) is 1. The van der Waals surface area contributed by atoms with E-state index < -0.39 is 12.3 Å². The number of fused-ring (bicyclic) bond motifs is 1. The Morgan fingerprint density at radius 2 is 1.88 bits per heavy atom. The van der Waals surface area contributed by atoms with Gasteiger partial charge in [0.05, 0.1) is 24.9 Å². The first kappa shape index (κ1) is 23.2. The van der Waals surface area contributed by atoms with Gasteiger partial charge in [0.1, 0.15) is 10.5 Å². The summed E-state index contributed by atoms with van der Waals surface area (Å²) in [6.07, 6.45) is 2.72. The van der Waals surface area contributed by atoms with Crippen LogP contribution in [0.4, 0.5) is 19.6 Å². The lowest BCUT2D eigenvalue weighted by Crippen LogP contribution is -2.36. The number of halogens is 2. The number of hydrogen-bond acceptors (Lipinski definition) is 6. The van der Waals surface area contributed by atoms with Gasteiger partial charge in [0.2, 0.25) is 5.13 Å². The van der Waals surface area contributed by atoms with E-state index in [1.54, 1.807) is 21.5 Å². The number of hydrogen-bond donors (Lipinski definition) is 1. The molecule has 34 heavy (non-hydrogen) atoms. The van der Waals surface area contributed by atoms with Gasteiger partial charge in [0.25, 0.3) is 12.3 Å². The molecule has 11 heteroatoms. The summed E-state index contributed by atoms with van der Waals surface area (Å²) in [5.41, 5.74) is -0.0276. The number of alkyl halides is 2. The number of morpholine rings is 1. The second-order valence-corrected chi connectivity index (χ2v) is 10.4. The lowest BCUT2D eigenvalue weighted by atomic mass is 9.80. The molecule has 1 amide bonds. The Kier molecular flexibility index (Phi) is 6.57. The molecule has 8 nitrogen and oxygen atoms in total. The summed E-state index contributed by atoms with van der Waals surface area (Å²) >= 11 is 1.49. The summed E-state index contributed by atoms with van der Waals surface area (Å²) in [4.78, 5) is 16.0. The predicted molar refractivity (Wildman–Crippen MR) is 127 cm³/mol. The van der Waals surface area contributed by atoms with Gasteiger partial charge in [-0.2, -0.15) is 5.10 Å². The van der Waals surface area contributed by atoms with Gasteiger partial charge >= 0.3 is 0 Å². The van der Waals surface area contributed by atoms with E-state index in [2.05, 4.69) is 34.3 Å². The highest BCUT2D eigenvalue weighted by atomic mass is 32.1. The van der Waals surface area contributed by atoms with Crippen LogP contribution in [0.5, 0.6) is 0 Å². The lowest BCUT2D eigenvalue weighted by Gasteiger charge is -2.30. The van der Waals surface area contributed by atoms with E-state index in [0.29, 0.717) is 30.7 Å². The maximum Gasteiger partial charge on any atom is 0.284 e. The van der Waals surface area contributed by atoms with Crippen LogP contribution in [0, 0.1) is 11.8 Å². The van der Waals surface area contributed by atoms with Gasteiger partial charge in [-0.25, -0.2) is 13.3 Å². The number of carbonyl (C=O) groups is 1. The van der Waals surface area contributed by atoms with Gasteiger partial charge < -0.3 is 15.0 Å². The number of nitrogens with zero attached hydrogens (tertiary/aromatic N) is 5. The van der Waals surface area contributed by atoms with Crippen LogP contribution >= 0.6 is 11.3 Å². The minimum Gasteiger partial charge on any atom is -0.378 e. The van der Waals surface area contributed by atoms with Crippen LogP contribution in [0.15, 0.2) is 18.3 Å². The van der Waals surface area contributed by atoms with Gasteiger partial charge in [-0.3, -0.25) is 9.48 Å². The molecular weight excluding hydrogens is 462 g/mol. The third-order valence-electron chi connectivity index (χ3n) is 6.99. The fourth-order valence-electron chi connectivity index (χ4n) is 4.91. The van der Waals surface area contributed by atoms with Crippen LogP contribution in [0.2, 0.25) is 0 Å². The maximum atomic E-state index is 13.8. The Hall–Kier alpha value is -2.53. The van der Waals surface area contributed by atoms with Crippen LogP contribution in [0.1, 0.15) is 68.2 Å². The number of carbonyl (C=O) groups excluding carboxylic acids is 1. The summed E-state index contributed by atoms with van der Waals surface area (Å²) < 4.78 is 36.1. The Bertz CT molecular complexity index is 1140. The quantitative estimate of drug-likeness (QED) is 0.524. The van der Waals surface area contributed by atoms with E-state index in [9.17, 15) is 13.6 Å². The standard InChI is InChI=1S/C23H30F2N6O2S/c1-14(2)15-3-5-16(6-4-15)30-13-17(20(27-30)21(24)25)26-22(32)18-7-8-19-31(18)28-23(34-19)29-9-11-33-12-10-29/h7-8,13-16,21H,3-6,9-12H2,1-2H3,(H,26,32). The van der Waals surface area contributed by atoms with E-state index in [4.69, 9.17) is 4.74 Å². The first-order valence-electron chi connectivity index (χ1n) is 11.9. The summed E-state index contributed by atoms with van der Waals surface area (Å²) in [5, 5.41) is 12.3. The molecule has 2 aliphatic rings.